The van der Waals surface area contributed by atoms with E-state index >= 15 is 0 Å². The largest absolute Gasteiger partial charge is 0.480 e. The summed E-state index contributed by atoms with van der Waals surface area (Å²) in [7, 11) is 0. The molecule has 24 heavy (non-hydrogen) atoms. The number of aliphatic carboxylic acids is 1. The van der Waals surface area contributed by atoms with Crippen LogP contribution in [-0.2, 0) is 11.2 Å². The summed E-state index contributed by atoms with van der Waals surface area (Å²) in [4.78, 5) is 23.8. The molecule has 0 aliphatic rings. The molecule has 1 aromatic carbocycles. The van der Waals surface area contributed by atoms with Crippen LogP contribution in [-0.4, -0.2) is 32.6 Å². The van der Waals surface area contributed by atoms with Crippen molar-refractivity contribution in [1.82, 2.24) is 14.9 Å². The topological polar surface area (TPSA) is 83.7 Å². The molecule has 2 heterocycles. The fourth-order valence-electron chi connectivity index (χ4n) is 2.46. The van der Waals surface area contributed by atoms with Crippen LogP contribution in [0.15, 0.2) is 54.9 Å². The highest BCUT2D eigenvalue weighted by atomic mass is 16.4. The van der Waals surface area contributed by atoms with Gasteiger partial charge in [-0.05, 0) is 30.7 Å². The van der Waals surface area contributed by atoms with E-state index < -0.39 is 17.9 Å². The van der Waals surface area contributed by atoms with Gasteiger partial charge in [-0.1, -0.05) is 29.8 Å². The second kappa shape index (κ2) is 6.54. The van der Waals surface area contributed by atoms with Crippen LogP contribution < -0.4 is 5.32 Å². The molecule has 1 amide bonds. The number of aromatic nitrogens is 2. The lowest BCUT2D eigenvalue weighted by Gasteiger charge is -2.15. The van der Waals surface area contributed by atoms with Crippen molar-refractivity contribution in [3.05, 3.63) is 71.5 Å². The zero-order chi connectivity index (χ0) is 17.1. The smallest absolute Gasteiger partial charge is 0.326 e. The van der Waals surface area contributed by atoms with Crippen molar-refractivity contribution in [3.8, 4) is 0 Å². The van der Waals surface area contributed by atoms with Gasteiger partial charge >= 0.3 is 5.97 Å². The van der Waals surface area contributed by atoms with E-state index in [0.717, 1.165) is 16.6 Å². The lowest BCUT2D eigenvalue weighted by molar-refractivity contribution is -0.139. The number of amides is 1. The van der Waals surface area contributed by atoms with Crippen LogP contribution in [0.5, 0.6) is 0 Å². The van der Waals surface area contributed by atoms with Crippen LogP contribution in [0.2, 0.25) is 0 Å². The molecule has 0 aliphatic carbocycles. The fraction of sp³-hybridized carbons (Fsp3) is 0.167. The third kappa shape index (κ3) is 3.43. The zero-order valence-corrected chi connectivity index (χ0v) is 13.1. The maximum atomic E-state index is 12.4. The van der Waals surface area contributed by atoms with Crippen LogP contribution in [0, 0.1) is 6.92 Å². The first kappa shape index (κ1) is 15.7. The Balaban J connectivity index is 1.75. The Morgan fingerprint density at radius 1 is 1.21 bits per heavy atom. The van der Waals surface area contributed by atoms with Crippen LogP contribution in [0.3, 0.4) is 0 Å². The van der Waals surface area contributed by atoms with Gasteiger partial charge < -0.3 is 10.4 Å². The third-order valence-corrected chi connectivity index (χ3v) is 3.83. The summed E-state index contributed by atoms with van der Waals surface area (Å²) < 4.78 is 1.64. The summed E-state index contributed by atoms with van der Waals surface area (Å²) >= 11 is 0. The van der Waals surface area contributed by atoms with Crippen molar-refractivity contribution in [2.24, 2.45) is 0 Å². The van der Waals surface area contributed by atoms with Crippen molar-refractivity contribution in [2.75, 3.05) is 0 Å². The van der Waals surface area contributed by atoms with Gasteiger partial charge in [0, 0.05) is 24.4 Å². The van der Waals surface area contributed by atoms with E-state index in [9.17, 15) is 14.7 Å². The van der Waals surface area contributed by atoms with Crippen molar-refractivity contribution in [1.29, 1.82) is 0 Å². The number of nitrogens with one attached hydrogen (secondary N) is 1. The molecule has 0 unspecified atom stereocenters. The lowest BCUT2D eigenvalue weighted by Crippen LogP contribution is -2.42. The van der Waals surface area contributed by atoms with E-state index in [1.165, 1.54) is 0 Å². The molecule has 0 radical (unpaired) electrons. The Morgan fingerprint density at radius 3 is 2.67 bits per heavy atom. The number of rotatable bonds is 5. The second-order valence-electron chi connectivity index (χ2n) is 5.67. The second-order valence-corrected chi connectivity index (χ2v) is 5.67. The maximum Gasteiger partial charge on any atom is 0.326 e. The minimum atomic E-state index is -1.06. The first-order chi connectivity index (χ1) is 11.5. The Hall–Kier alpha value is -3.15. The van der Waals surface area contributed by atoms with Gasteiger partial charge in [-0.15, -0.1) is 0 Å². The molecule has 2 aromatic heterocycles. The van der Waals surface area contributed by atoms with Crippen LogP contribution in [0.25, 0.3) is 5.52 Å². The number of pyridine rings is 1. The first-order valence-corrected chi connectivity index (χ1v) is 7.55. The number of carboxylic acid groups (broad SMARTS) is 1. The van der Waals surface area contributed by atoms with Gasteiger partial charge in [-0.25, -0.2) is 9.31 Å². The van der Waals surface area contributed by atoms with Crippen molar-refractivity contribution in [3.63, 3.8) is 0 Å². The highest BCUT2D eigenvalue weighted by Crippen LogP contribution is 2.09. The molecular formula is C18H17N3O3. The molecule has 0 bridgehead atoms. The van der Waals surface area contributed by atoms with Gasteiger partial charge in [-0.2, -0.15) is 5.10 Å². The van der Waals surface area contributed by atoms with Gasteiger partial charge in [0.15, 0.2) is 0 Å². The third-order valence-electron chi connectivity index (χ3n) is 3.83. The molecule has 0 saturated carbocycles. The van der Waals surface area contributed by atoms with Crippen LogP contribution in [0.4, 0.5) is 0 Å². The number of carbonyl (C=O) groups is 2. The molecule has 0 spiro atoms. The summed E-state index contributed by atoms with van der Waals surface area (Å²) in [6.07, 6.45) is 3.53. The quantitative estimate of drug-likeness (QED) is 0.753. The fourth-order valence-corrected chi connectivity index (χ4v) is 2.46. The van der Waals surface area contributed by atoms with Crippen molar-refractivity contribution < 1.29 is 14.7 Å². The zero-order valence-electron chi connectivity index (χ0n) is 13.1. The molecule has 0 aliphatic heterocycles. The molecule has 1 atom stereocenters. The predicted molar refractivity (Wildman–Crippen MR) is 89.0 cm³/mol. The molecular weight excluding hydrogens is 306 g/mol. The monoisotopic (exact) mass is 323 g/mol. The predicted octanol–water partition coefficient (Wildman–Crippen LogP) is 2.07. The average molecular weight is 323 g/mol. The summed E-state index contributed by atoms with van der Waals surface area (Å²) in [5.74, 6) is -1.48. The highest BCUT2D eigenvalue weighted by Gasteiger charge is 2.21. The highest BCUT2D eigenvalue weighted by molar-refractivity contribution is 5.97. The summed E-state index contributed by atoms with van der Waals surface area (Å²) in [6.45, 7) is 1.97. The molecule has 122 valence electrons. The Bertz CT molecular complexity index is 884. The lowest BCUT2D eigenvalue weighted by atomic mass is 10.0. The number of carboxylic acids is 1. The normalized spacial score (nSPS) is 12.0. The number of aryl methyl sites for hydroxylation is 1. The molecule has 0 saturated heterocycles. The first-order valence-electron chi connectivity index (χ1n) is 7.55. The van der Waals surface area contributed by atoms with Gasteiger partial charge in [0.25, 0.3) is 5.91 Å². The number of fused-ring (bicyclic) bond motifs is 1. The van der Waals surface area contributed by atoms with Crippen molar-refractivity contribution >= 4 is 17.4 Å². The van der Waals surface area contributed by atoms with Gasteiger partial charge in [-0.3, -0.25) is 4.79 Å². The summed E-state index contributed by atoms with van der Waals surface area (Å²) in [5.41, 5.74) is 3.13. The number of nitrogens with zero attached hydrogens (tertiary/aromatic N) is 2. The van der Waals surface area contributed by atoms with Crippen LogP contribution in [0.1, 0.15) is 21.5 Å². The maximum absolute atomic E-state index is 12.4. The molecule has 2 N–H and O–H groups in total. The number of benzene rings is 1. The number of carbonyl (C=O) groups excluding carboxylic acids is 1. The average Bonchev–Trinajstić information content (AvgIpc) is 3.03. The van der Waals surface area contributed by atoms with E-state index in [0.29, 0.717) is 5.56 Å². The number of hydrogen-bond donors (Lipinski definition) is 2. The molecule has 6 nitrogen and oxygen atoms in total. The summed E-state index contributed by atoms with van der Waals surface area (Å²) in [6, 6.07) is 11.7. The molecule has 6 heteroatoms. The Morgan fingerprint density at radius 2 is 1.96 bits per heavy atom. The van der Waals surface area contributed by atoms with E-state index in [-0.39, 0.29) is 6.42 Å². The van der Waals surface area contributed by atoms with Crippen LogP contribution >= 0.6 is 0 Å². The van der Waals surface area contributed by atoms with Gasteiger partial charge in [0.1, 0.15) is 6.04 Å². The van der Waals surface area contributed by atoms with E-state index in [4.69, 9.17) is 0 Å². The van der Waals surface area contributed by atoms with E-state index in [1.54, 1.807) is 35.1 Å². The molecule has 3 aromatic rings. The van der Waals surface area contributed by atoms with E-state index in [1.807, 2.05) is 31.2 Å². The number of hydrogen-bond acceptors (Lipinski definition) is 3. The minimum Gasteiger partial charge on any atom is -0.480 e. The van der Waals surface area contributed by atoms with Crippen molar-refractivity contribution in [2.45, 2.75) is 19.4 Å². The SMILES string of the molecule is Cc1ccc(C[C@H](NC(=O)c2ccn3nccc3c2)C(=O)O)cc1. The summed E-state index contributed by atoms with van der Waals surface area (Å²) in [5, 5.41) is 16.0. The van der Waals surface area contributed by atoms with Gasteiger partial charge in [0.2, 0.25) is 0 Å². The Kier molecular flexibility index (Phi) is 4.29. The molecule has 0 fully saturated rings. The Labute approximate surface area is 138 Å². The van der Waals surface area contributed by atoms with Gasteiger partial charge in [0.05, 0.1) is 5.52 Å². The van der Waals surface area contributed by atoms with E-state index in [2.05, 4.69) is 10.4 Å². The minimum absolute atomic E-state index is 0.232. The molecule has 3 rings (SSSR count). The standard InChI is InChI=1S/C18H17N3O3/c1-12-2-4-13(5-3-12)10-16(18(23)24)20-17(22)14-7-9-21-15(11-14)6-8-19-21/h2-9,11,16H,10H2,1H3,(H,20,22)(H,23,24)/t16-/m0/s1.